The minimum atomic E-state index is -0.0988. The lowest BCUT2D eigenvalue weighted by Gasteiger charge is -2.30. The Hall–Kier alpha value is -0.240. The number of hydrogen-bond donors (Lipinski definition) is 1. The van der Waals surface area contributed by atoms with E-state index in [-0.39, 0.29) is 17.4 Å². The van der Waals surface area contributed by atoms with E-state index in [9.17, 15) is 4.79 Å². The summed E-state index contributed by atoms with van der Waals surface area (Å²) in [5.74, 6) is 0.978. The summed E-state index contributed by atoms with van der Waals surface area (Å²) in [7, 11) is 0. The van der Waals surface area contributed by atoms with E-state index in [1.807, 2.05) is 0 Å². The highest BCUT2D eigenvalue weighted by molar-refractivity contribution is 6.18. The van der Waals surface area contributed by atoms with E-state index in [1.54, 1.807) is 0 Å². The summed E-state index contributed by atoms with van der Waals surface area (Å²) in [6.45, 7) is 4.28. The molecular weight excluding hydrogens is 234 g/mol. The molecule has 0 spiro atoms. The molecule has 3 heteroatoms. The lowest BCUT2D eigenvalue weighted by atomic mass is 9.94. The Morgan fingerprint density at radius 3 is 2.18 bits per heavy atom. The summed E-state index contributed by atoms with van der Waals surface area (Å²) < 4.78 is 0. The lowest BCUT2D eigenvalue weighted by molar-refractivity contribution is -0.127. The topological polar surface area (TPSA) is 29.1 Å². The second-order valence-corrected chi connectivity index (χ2v) is 5.65. The zero-order valence-corrected chi connectivity index (χ0v) is 12.0. The molecule has 1 fully saturated rings. The van der Waals surface area contributed by atoms with Crippen LogP contribution in [0.3, 0.4) is 0 Å². The van der Waals surface area contributed by atoms with Gasteiger partial charge in [0, 0.05) is 11.8 Å². The van der Waals surface area contributed by atoms with Crippen molar-refractivity contribution in [2.75, 3.05) is 5.88 Å². The van der Waals surface area contributed by atoms with Crippen LogP contribution in [0.2, 0.25) is 0 Å². The van der Waals surface area contributed by atoms with Gasteiger partial charge >= 0.3 is 0 Å². The minimum absolute atomic E-state index is 0.0988. The Morgan fingerprint density at radius 1 is 1.24 bits per heavy atom. The van der Waals surface area contributed by atoms with E-state index < -0.39 is 0 Å². The Balaban J connectivity index is 2.55. The van der Waals surface area contributed by atoms with Gasteiger partial charge in [0.15, 0.2) is 0 Å². The van der Waals surface area contributed by atoms with Crippen molar-refractivity contribution in [3.63, 3.8) is 0 Å². The lowest BCUT2D eigenvalue weighted by Crippen LogP contribution is -2.50. The molecule has 17 heavy (non-hydrogen) atoms. The fraction of sp³-hybridized carbons (Fsp3) is 0.929. The van der Waals surface area contributed by atoms with Crippen molar-refractivity contribution in [2.45, 2.75) is 70.8 Å². The predicted octanol–water partition coefficient (Wildman–Crippen LogP) is 3.87. The minimum Gasteiger partial charge on any atom is -0.349 e. The normalized spacial score (nSPS) is 18.6. The predicted molar refractivity (Wildman–Crippen MR) is 73.4 cm³/mol. The van der Waals surface area contributed by atoms with Crippen molar-refractivity contribution in [3.8, 4) is 0 Å². The molecule has 0 heterocycles. The van der Waals surface area contributed by atoms with Crippen molar-refractivity contribution in [1.82, 2.24) is 5.32 Å². The Morgan fingerprint density at radius 2 is 1.76 bits per heavy atom. The molecule has 1 aliphatic carbocycles. The molecule has 1 N–H and O–H groups in total. The number of carbonyl (C=O) groups is 1. The van der Waals surface area contributed by atoms with E-state index in [4.69, 9.17) is 11.6 Å². The van der Waals surface area contributed by atoms with Gasteiger partial charge < -0.3 is 5.32 Å². The van der Waals surface area contributed by atoms with Crippen LogP contribution in [0.25, 0.3) is 0 Å². The van der Waals surface area contributed by atoms with Crippen LogP contribution in [0, 0.1) is 5.92 Å². The van der Waals surface area contributed by atoms with Gasteiger partial charge in [-0.25, -0.2) is 0 Å². The molecule has 2 nitrogen and oxygen atoms in total. The molecule has 1 aliphatic rings. The third-order valence-electron chi connectivity index (χ3n) is 3.85. The van der Waals surface area contributed by atoms with Crippen LogP contribution >= 0.6 is 11.6 Å². The average molecular weight is 260 g/mol. The van der Waals surface area contributed by atoms with E-state index >= 15 is 0 Å². The number of nitrogens with one attached hydrogen (secondary N) is 1. The first-order valence-electron chi connectivity index (χ1n) is 7.05. The van der Waals surface area contributed by atoms with E-state index in [0.717, 1.165) is 38.5 Å². The summed E-state index contributed by atoms with van der Waals surface area (Å²) in [4.78, 5) is 12.3. The van der Waals surface area contributed by atoms with Crippen LogP contribution in [0.4, 0.5) is 0 Å². The van der Waals surface area contributed by atoms with Gasteiger partial charge in [-0.1, -0.05) is 39.5 Å². The molecule has 0 aliphatic heterocycles. The fourth-order valence-corrected chi connectivity index (χ4v) is 3.14. The molecule has 0 bridgehead atoms. The second-order valence-electron chi connectivity index (χ2n) is 5.38. The highest BCUT2D eigenvalue weighted by Crippen LogP contribution is 2.31. The number of halogens is 1. The first-order valence-corrected chi connectivity index (χ1v) is 7.59. The number of carbonyl (C=O) groups excluding carboxylic acids is 1. The highest BCUT2D eigenvalue weighted by atomic mass is 35.5. The summed E-state index contributed by atoms with van der Waals surface area (Å²) in [5, 5.41) is 3.24. The third-order valence-corrected chi connectivity index (χ3v) is 4.36. The molecule has 0 radical (unpaired) electrons. The van der Waals surface area contributed by atoms with Crippen LogP contribution in [-0.4, -0.2) is 17.3 Å². The van der Waals surface area contributed by atoms with Crippen molar-refractivity contribution in [1.29, 1.82) is 0 Å². The monoisotopic (exact) mass is 259 g/mol. The van der Waals surface area contributed by atoms with Crippen molar-refractivity contribution in [3.05, 3.63) is 0 Å². The second kappa shape index (κ2) is 7.25. The van der Waals surface area contributed by atoms with E-state index in [2.05, 4.69) is 19.2 Å². The molecule has 0 aromatic rings. The maximum atomic E-state index is 12.3. The van der Waals surface area contributed by atoms with Crippen molar-refractivity contribution < 1.29 is 4.79 Å². The number of rotatable bonds is 7. The van der Waals surface area contributed by atoms with Gasteiger partial charge in [-0.2, -0.15) is 0 Å². The van der Waals surface area contributed by atoms with E-state index in [0.29, 0.717) is 5.88 Å². The quantitative estimate of drug-likeness (QED) is 0.691. The zero-order chi connectivity index (χ0) is 12.7. The Kier molecular flexibility index (Phi) is 6.32. The van der Waals surface area contributed by atoms with Crippen molar-refractivity contribution >= 4 is 17.5 Å². The molecule has 0 saturated heterocycles. The van der Waals surface area contributed by atoms with Crippen LogP contribution in [-0.2, 0) is 4.79 Å². The summed E-state index contributed by atoms with van der Waals surface area (Å²) >= 11 is 6.05. The summed E-state index contributed by atoms with van der Waals surface area (Å²) in [6, 6.07) is 0. The van der Waals surface area contributed by atoms with Gasteiger partial charge in [-0.3, -0.25) is 4.79 Å². The number of amides is 1. The number of hydrogen-bond acceptors (Lipinski definition) is 1. The molecule has 0 aromatic carbocycles. The zero-order valence-electron chi connectivity index (χ0n) is 11.2. The Labute approximate surface area is 110 Å². The first-order chi connectivity index (χ1) is 8.17. The SMILES string of the molecule is CCCC(CCC)C(=O)NC1(CCl)CCCC1. The molecular formula is C14H26ClNO. The van der Waals surface area contributed by atoms with Gasteiger partial charge in [0.2, 0.25) is 5.91 Å². The highest BCUT2D eigenvalue weighted by Gasteiger charge is 2.35. The van der Waals surface area contributed by atoms with Gasteiger partial charge in [0.05, 0.1) is 5.54 Å². The maximum absolute atomic E-state index is 12.3. The molecule has 1 rings (SSSR count). The largest absolute Gasteiger partial charge is 0.349 e. The van der Waals surface area contributed by atoms with Gasteiger partial charge in [-0.05, 0) is 25.7 Å². The molecule has 1 saturated carbocycles. The molecule has 100 valence electrons. The van der Waals surface area contributed by atoms with Gasteiger partial charge in [-0.15, -0.1) is 11.6 Å². The van der Waals surface area contributed by atoms with Crippen LogP contribution in [0.1, 0.15) is 65.2 Å². The number of alkyl halides is 1. The van der Waals surface area contributed by atoms with Crippen molar-refractivity contribution in [2.24, 2.45) is 5.92 Å². The fourth-order valence-electron chi connectivity index (χ4n) is 2.81. The molecule has 1 amide bonds. The average Bonchev–Trinajstić information content (AvgIpc) is 2.78. The first kappa shape index (κ1) is 14.8. The smallest absolute Gasteiger partial charge is 0.223 e. The van der Waals surface area contributed by atoms with Crippen LogP contribution in [0.5, 0.6) is 0 Å². The maximum Gasteiger partial charge on any atom is 0.223 e. The molecule has 0 aromatic heterocycles. The van der Waals surface area contributed by atoms with Crippen LogP contribution < -0.4 is 5.32 Å². The Bertz CT molecular complexity index is 230. The third kappa shape index (κ3) is 4.17. The molecule has 0 atom stereocenters. The summed E-state index contributed by atoms with van der Waals surface area (Å²) in [5.41, 5.74) is -0.0988. The van der Waals surface area contributed by atoms with Gasteiger partial charge in [0.25, 0.3) is 0 Å². The standard InChI is InChI=1S/C14H26ClNO/c1-3-7-12(8-4-2)13(17)16-14(11-15)9-5-6-10-14/h12H,3-11H2,1-2H3,(H,16,17). The van der Waals surface area contributed by atoms with E-state index in [1.165, 1.54) is 12.8 Å². The molecule has 0 unspecified atom stereocenters. The summed E-state index contributed by atoms with van der Waals surface area (Å²) in [6.07, 6.45) is 8.63. The van der Waals surface area contributed by atoms with Crippen LogP contribution in [0.15, 0.2) is 0 Å². The van der Waals surface area contributed by atoms with Gasteiger partial charge in [0.1, 0.15) is 0 Å².